The molecule has 1 heterocycles. The van der Waals surface area contributed by atoms with E-state index < -0.39 is 5.97 Å². The lowest BCUT2D eigenvalue weighted by Crippen LogP contribution is -2.28. The minimum Gasteiger partial charge on any atom is -0.481 e. The molecule has 1 aromatic rings. The number of carbonyl (C=O) groups is 3. The number of carbonyl (C=O) groups excluding carboxylic acids is 2. The van der Waals surface area contributed by atoms with Crippen LogP contribution >= 0.6 is 11.3 Å². The number of carboxylic acids is 1. The van der Waals surface area contributed by atoms with Gasteiger partial charge in [-0.3, -0.25) is 14.4 Å². The monoisotopic (exact) mass is 283 g/mol. The SMILES string of the molecule is CN(CCCC(=O)O)C(=O)CCC(=O)c1cccs1. The first-order chi connectivity index (χ1) is 9.00. The van der Waals surface area contributed by atoms with Gasteiger partial charge in [0.05, 0.1) is 4.88 Å². The molecular formula is C13H17NO4S. The molecule has 0 radical (unpaired) electrons. The van der Waals surface area contributed by atoms with Gasteiger partial charge in [0.15, 0.2) is 5.78 Å². The Balaban J connectivity index is 2.26. The maximum Gasteiger partial charge on any atom is 0.303 e. The summed E-state index contributed by atoms with van der Waals surface area (Å²) >= 11 is 1.37. The predicted molar refractivity (Wildman–Crippen MR) is 72.4 cm³/mol. The van der Waals surface area contributed by atoms with Gasteiger partial charge in [-0.05, 0) is 17.9 Å². The van der Waals surface area contributed by atoms with Crippen LogP contribution in [0.25, 0.3) is 0 Å². The second kappa shape index (κ2) is 7.68. The number of Topliss-reactive ketones (excluding diaryl/α,β-unsaturated/α-hetero) is 1. The van der Waals surface area contributed by atoms with E-state index in [0.29, 0.717) is 17.8 Å². The fourth-order valence-corrected chi connectivity index (χ4v) is 2.26. The second-order valence-electron chi connectivity index (χ2n) is 4.21. The van der Waals surface area contributed by atoms with Gasteiger partial charge < -0.3 is 10.0 Å². The summed E-state index contributed by atoms with van der Waals surface area (Å²) in [6.07, 6.45) is 0.838. The Kier molecular flexibility index (Phi) is 6.21. The van der Waals surface area contributed by atoms with Crippen molar-refractivity contribution in [3.05, 3.63) is 22.4 Å². The molecule has 0 aliphatic rings. The summed E-state index contributed by atoms with van der Waals surface area (Å²) in [7, 11) is 1.62. The summed E-state index contributed by atoms with van der Waals surface area (Å²) in [6.45, 7) is 0.401. The molecular weight excluding hydrogens is 266 g/mol. The molecule has 0 spiro atoms. The van der Waals surface area contributed by atoms with Gasteiger partial charge >= 0.3 is 5.97 Å². The highest BCUT2D eigenvalue weighted by molar-refractivity contribution is 7.12. The van der Waals surface area contributed by atoms with E-state index in [9.17, 15) is 14.4 Å². The molecule has 19 heavy (non-hydrogen) atoms. The molecule has 104 valence electrons. The Hall–Kier alpha value is -1.69. The Bertz CT molecular complexity index is 442. The van der Waals surface area contributed by atoms with Gasteiger partial charge in [-0.25, -0.2) is 0 Å². The van der Waals surface area contributed by atoms with Crippen LogP contribution in [0, 0.1) is 0 Å². The van der Waals surface area contributed by atoms with Crippen LogP contribution in [0.15, 0.2) is 17.5 Å². The Labute approximate surface area is 115 Å². The Morgan fingerprint density at radius 1 is 1.26 bits per heavy atom. The Morgan fingerprint density at radius 2 is 2.00 bits per heavy atom. The molecule has 0 aliphatic heterocycles. The van der Waals surface area contributed by atoms with Gasteiger partial charge in [0.2, 0.25) is 5.91 Å². The first-order valence-electron chi connectivity index (χ1n) is 6.03. The smallest absolute Gasteiger partial charge is 0.303 e. The van der Waals surface area contributed by atoms with Crippen LogP contribution in [0.2, 0.25) is 0 Å². The van der Waals surface area contributed by atoms with Gasteiger partial charge in [-0.1, -0.05) is 6.07 Å². The highest BCUT2D eigenvalue weighted by atomic mass is 32.1. The number of hydrogen-bond donors (Lipinski definition) is 1. The van der Waals surface area contributed by atoms with Gasteiger partial charge in [0.25, 0.3) is 0 Å². The van der Waals surface area contributed by atoms with Crippen LogP contribution in [-0.2, 0) is 9.59 Å². The molecule has 0 saturated carbocycles. The fraction of sp³-hybridized carbons (Fsp3) is 0.462. The van der Waals surface area contributed by atoms with Crippen molar-refractivity contribution in [3.63, 3.8) is 0 Å². The molecule has 0 aromatic carbocycles. The van der Waals surface area contributed by atoms with Crippen molar-refractivity contribution in [3.8, 4) is 0 Å². The molecule has 0 fully saturated rings. The number of amides is 1. The molecule has 1 N–H and O–H groups in total. The summed E-state index contributed by atoms with van der Waals surface area (Å²) in [4.78, 5) is 35.9. The van der Waals surface area contributed by atoms with E-state index in [4.69, 9.17) is 5.11 Å². The first-order valence-corrected chi connectivity index (χ1v) is 6.91. The number of hydrogen-bond acceptors (Lipinski definition) is 4. The van der Waals surface area contributed by atoms with Crippen molar-refractivity contribution in [1.82, 2.24) is 4.90 Å². The van der Waals surface area contributed by atoms with E-state index >= 15 is 0 Å². The molecule has 1 aromatic heterocycles. The van der Waals surface area contributed by atoms with Crippen LogP contribution in [-0.4, -0.2) is 41.3 Å². The minimum absolute atomic E-state index is 0.0257. The quantitative estimate of drug-likeness (QED) is 0.741. The average molecular weight is 283 g/mol. The lowest BCUT2D eigenvalue weighted by molar-refractivity contribution is -0.138. The van der Waals surface area contributed by atoms with E-state index in [0.717, 1.165) is 0 Å². The second-order valence-corrected chi connectivity index (χ2v) is 5.16. The Morgan fingerprint density at radius 3 is 2.58 bits per heavy atom. The first kappa shape index (κ1) is 15.4. The third kappa shape index (κ3) is 5.65. The molecule has 0 atom stereocenters. The molecule has 6 heteroatoms. The zero-order valence-electron chi connectivity index (χ0n) is 10.8. The van der Waals surface area contributed by atoms with Gasteiger partial charge in [0.1, 0.15) is 0 Å². The van der Waals surface area contributed by atoms with Crippen LogP contribution in [0.4, 0.5) is 0 Å². The van der Waals surface area contributed by atoms with Crippen LogP contribution in [0.5, 0.6) is 0 Å². The normalized spacial score (nSPS) is 10.2. The molecule has 5 nitrogen and oxygen atoms in total. The number of thiophene rings is 1. The number of aliphatic carboxylic acids is 1. The van der Waals surface area contributed by atoms with Gasteiger partial charge in [-0.15, -0.1) is 11.3 Å². The predicted octanol–water partition coefficient (Wildman–Crippen LogP) is 2.03. The van der Waals surface area contributed by atoms with E-state index in [-0.39, 0.29) is 31.0 Å². The zero-order chi connectivity index (χ0) is 14.3. The van der Waals surface area contributed by atoms with E-state index in [1.54, 1.807) is 19.2 Å². The number of ketones is 1. The van der Waals surface area contributed by atoms with Crippen molar-refractivity contribution in [2.24, 2.45) is 0 Å². The van der Waals surface area contributed by atoms with E-state index in [2.05, 4.69) is 0 Å². The molecule has 0 aliphatic carbocycles. The van der Waals surface area contributed by atoms with Crippen molar-refractivity contribution in [2.75, 3.05) is 13.6 Å². The van der Waals surface area contributed by atoms with Crippen LogP contribution in [0.3, 0.4) is 0 Å². The lowest BCUT2D eigenvalue weighted by atomic mass is 10.2. The van der Waals surface area contributed by atoms with E-state index in [1.165, 1.54) is 16.2 Å². The highest BCUT2D eigenvalue weighted by Crippen LogP contribution is 2.12. The number of nitrogens with zero attached hydrogens (tertiary/aromatic N) is 1. The third-order valence-corrected chi connectivity index (χ3v) is 3.58. The van der Waals surface area contributed by atoms with Gasteiger partial charge in [0, 0.05) is 32.9 Å². The molecule has 1 rings (SSSR count). The van der Waals surface area contributed by atoms with Gasteiger partial charge in [-0.2, -0.15) is 0 Å². The van der Waals surface area contributed by atoms with Crippen LogP contribution in [0.1, 0.15) is 35.4 Å². The lowest BCUT2D eigenvalue weighted by Gasteiger charge is -2.16. The zero-order valence-corrected chi connectivity index (χ0v) is 11.6. The molecule has 1 amide bonds. The van der Waals surface area contributed by atoms with Crippen molar-refractivity contribution in [1.29, 1.82) is 0 Å². The fourth-order valence-electron chi connectivity index (χ4n) is 1.56. The largest absolute Gasteiger partial charge is 0.481 e. The van der Waals surface area contributed by atoms with Crippen molar-refractivity contribution in [2.45, 2.75) is 25.7 Å². The summed E-state index contributed by atoms with van der Waals surface area (Å²) < 4.78 is 0. The third-order valence-electron chi connectivity index (χ3n) is 2.67. The van der Waals surface area contributed by atoms with Crippen molar-refractivity contribution < 1.29 is 19.5 Å². The van der Waals surface area contributed by atoms with E-state index in [1.807, 2.05) is 5.38 Å². The summed E-state index contributed by atoms with van der Waals surface area (Å²) in [5.74, 6) is -1.02. The number of rotatable bonds is 8. The van der Waals surface area contributed by atoms with Crippen molar-refractivity contribution >= 4 is 29.0 Å². The summed E-state index contributed by atoms with van der Waals surface area (Å²) in [5.41, 5.74) is 0. The summed E-state index contributed by atoms with van der Waals surface area (Å²) in [5, 5.41) is 10.3. The number of carboxylic acid groups (broad SMARTS) is 1. The maximum atomic E-state index is 11.7. The maximum absolute atomic E-state index is 11.7. The highest BCUT2D eigenvalue weighted by Gasteiger charge is 2.13. The van der Waals surface area contributed by atoms with Crippen LogP contribution < -0.4 is 0 Å². The molecule has 0 bridgehead atoms. The topological polar surface area (TPSA) is 74.7 Å². The molecule has 0 unspecified atom stereocenters. The molecule has 0 saturated heterocycles. The minimum atomic E-state index is -0.867. The average Bonchev–Trinajstić information content (AvgIpc) is 2.88. The standard InChI is InChI=1S/C13H17NO4S/c1-14(8-2-5-13(17)18)12(16)7-6-10(15)11-4-3-9-19-11/h3-4,9H,2,5-8H2,1H3,(H,17,18). The summed E-state index contributed by atoms with van der Waals surface area (Å²) in [6, 6.07) is 3.55.